The summed E-state index contributed by atoms with van der Waals surface area (Å²) in [6.07, 6.45) is -1.06. The Morgan fingerprint density at radius 1 is 1.32 bits per heavy atom. The highest BCUT2D eigenvalue weighted by atomic mass is 19.1. The third-order valence-corrected chi connectivity index (χ3v) is 2.21. The van der Waals surface area contributed by atoms with Crippen molar-refractivity contribution in [1.82, 2.24) is 5.32 Å². The van der Waals surface area contributed by atoms with E-state index in [1.54, 1.807) is 0 Å². The first-order valence-electron chi connectivity index (χ1n) is 5.42. The van der Waals surface area contributed by atoms with Gasteiger partial charge in [-0.2, -0.15) is 0 Å². The Morgan fingerprint density at radius 2 is 1.89 bits per heavy atom. The lowest BCUT2D eigenvalue weighted by Crippen LogP contribution is -2.36. The van der Waals surface area contributed by atoms with Crippen molar-refractivity contribution < 1.29 is 23.5 Å². The molecule has 7 heteroatoms. The van der Waals surface area contributed by atoms with Crippen LogP contribution in [0.15, 0.2) is 24.3 Å². The highest BCUT2D eigenvalue weighted by Gasteiger charge is 2.15. The van der Waals surface area contributed by atoms with Gasteiger partial charge in [0, 0.05) is 5.56 Å². The largest absolute Gasteiger partial charge is 0.451 e. The summed E-state index contributed by atoms with van der Waals surface area (Å²) in [7, 11) is 0. The molecule has 1 aromatic carbocycles. The summed E-state index contributed by atoms with van der Waals surface area (Å²) in [5.41, 5.74) is 5.11. The monoisotopic (exact) mass is 268 g/mol. The second kappa shape index (κ2) is 6.48. The fourth-order valence-corrected chi connectivity index (χ4v) is 1.15. The number of nitrogens with two attached hydrogens (primary N) is 1. The molecule has 1 aromatic rings. The van der Waals surface area contributed by atoms with Gasteiger partial charge in [-0.3, -0.25) is 14.4 Å². The van der Waals surface area contributed by atoms with E-state index in [-0.39, 0.29) is 5.56 Å². The van der Waals surface area contributed by atoms with Crippen LogP contribution in [0, 0.1) is 5.82 Å². The van der Waals surface area contributed by atoms with Crippen LogP contribution >= 0.6 is 0 Å². The van der Waals surface area contributed by atoms with Crippen molar-refractivity contribution in [2.24, 2.45) is 5.73 Å². The van der Waals surface area contributed by atoms with E-state index in [9.17, 15) is 18.8 Å². The molecular formula is C12H13FN2O4. The Bertz CT molecular complexity index is 487. The molecule has 1 rings (SSSR count). The van der Waals surface area contributed by atoms with Crippen LogP contribution in [0.5, 0.6) is 0 Å². The number of hydrogen-bond acceptors (Lipinski definition) is 4. The third kappa shape index (κ3) is 4.74. The molecule has 2 amide bonds. The minimum Gasteiger partial charge on any atom is -0.451 e. The van der Waals surface area contributed by atoms with Crippen LogP contribution in [-0.2, 0) is 14.3 Å². The lowest BCUT2D eigenvalue weighted by atomic mass is 10.2. The molecule has 0 bridgehead atoms. The van der Waals surface area contributed by atoms with Gasteiger partial charge in [0.15, 0.2) is 6.10 Å². The zero-order chi connectivity index (χ0) is 14.4. The number of hydrogen-bond donors (Lipinski definition) is 2. The number of rotatable bonds is 5. The summed E-state index contributed by atoms with van der Waals surface area (Å²) in [6.45, 7) is 0.913. The van der Waals surface area contributed by atoms with Gasteiger partial charge >= 0.3 is 5.97 Å². The average Bonchev–Trinajstić information content (AvgIpc) is 2.36. The molecule has 0 spiro atoms. The fourth-order valence-electron chi connectivity index (χ4n) is 1.15. The molecule has 0 heterocycles. The summed E-state index contributed by atoms with van der Waals surface area (Å²) in [5, 5.41) is 2.27. The van der Waals surface area contributed by atoms with Gasteiger partial charge < -0.3 is 15.8 Å². The second-order valence-corrected chi connectivity index (χ2v) is 3.72. The summed E-state index contributed by atoms with van der Waals surface area (Å²) in [6, 6.07) is 4.81. The molecule has 3 N–H and O–H groups in total. The molecule has 0 radical (unpaired) electrons. The van der Waals surface area contributed by atoms with E-state index in [4.69, 9.17) is 5.73 Å². The lowest BCUT2D eigenvalue weighted by Gasteiger charge is -2.10. The molecule has 0 aromatic heterocycles. The topological polar surface area (TPSA) is 98.5 Å². The molecule has 19 heavy (non-hydrogen) atoms. The Labute approximate surface area is 108 Å². The number of carbonyl (C=O) groups is 3. The van der Waals surface area contributed by atoms with Crippen molar-refractivity contribution in [3.8, 4) is 0 Å². The number of halogens is 1. The van der Waals surface area contributed by atoms with E-state index >= 15 is 0 Å². The van der Waals surface area contributed by atoms with E-state index in [1.165, 1.54) is 19.1 Å². The Morgan fingerprint density at radius 3 is 2.42 bits per heavy atom. The predicted octanol–water partition coefficient (Wildman–Crippen LogP) is -0.0275. The molecule has 1 atom stereocenters. The first kappa shape index (κ1) is 14.6. The van der Waals surface area contributed by atoms with Crippen LogP contribution in [0.3, 0.4) is 0 Å². The SMILES string of the molecule is C[C@H](OC(=O)CNC(=O)c1ccc(F)cc1)C(N)=O. The highest BCUT2D eigenvalue weighted by Crippen LogP contribution is 2.02. The molecule has 0 aliphatic rings. The minimum atomic E-state index is -1.06. The Kier molecular flexibility index (Phi) is 4.99. The van der Waals surface area contributed by atoms with E-state index in [0.717, 1.165) is 12.1 Å². The predicted molar refractivity (Wildman–Crippen MR) is 63.5 cm³/mol. The molecule has 0 aliphatic heterocycles. The third-order valence-electron chi connectivity index (χ3n) is 2.21. The van der Waals surface area contributed by atoms with Crippen LogP contribution in [0.25, 0.3) is 0 Å². The molecule has 6 nitrogen and oxygen atoms in total. The van der Waals surface area contributed by atoms with Gasteiger partial charge in [0.1, 0.15) is 12.4 Å². The quantitative estimate of drug-likeness (QED) is 0.733. The minimum absolute atomic E-state index is 0.206. The van der Waals surface area contributed by atoms with E-state index in [1.807, 2.05) is 0 Å². The van der Waals surface area contributed by atoms with Crippen LogP contribution in [0.1, 0.15) is 17.3 Å². The number of ether oxygens (including phenoxy) is 1. The first-order chi connectivity index (χ1) is 8.90. The Balaban J connectivity index is 2.44. The van der Waals surface area contributed by atoms with Gasteiger partial charge in [0.25, 0.3) is 11.8 Å². The van der Waals surface area contributed by atoms with E-state index in [2.05, 4.69) is 10.1 Å². The van der Waals surface area contributed by atoms with Gasteiger partial charge in [-0.25, -0.2) is 4.39 Å². The highest BCUT2D eigenvalue weighted by molar-refractivity contribution is 5.96. The number of primary amides is 1. The second-order valence-electron chi connectivity index (χ2n) is 3.72. The molecule has 0 unspecified atom stereocenters. The van der Waals surface area contributed by atoms with Gasteiger partial charge in [-0.05, 0) is 31.2 Å². The van der Waals surface area contributed by atoms with Crippen molar-refractivity contribution in [3.05, 3.63) is 35.6 Å². The summed E-state index contributed by atoms with van der Waals surface area (Å²) in [4.78, 5) is 33.4. The number of carbonyl (C=O) groups excluding carboxylic acids is 3. The molecule has 0 saturated carbocycles. The lowest BCUT2D eigenvalue weighted by molar-refractivity contribution is -0.152. The van der Waals surface area contributed by atoms with Gasteiger partial charge in [0.05, 0.1) is 0 Å². The van der Waals surface area contributed by atoms with Crippen molar-refractivity contribution in [2.45, 2.75) is 13.0 Å². The summed E-state index contributed by atoms with van der Waals surface area (Å²) >= 11 is 0. The normalized spacial score (nSPS) is 11.5. The zero-order valence-electron chi connectivity index (χ0n) is 10.2. The van der Waals surface area contributed by atoms with Crippen LogP contribution < -0.4 is 11.1 Å². The molecular weight excluding hydrogens is 255 g/mol. The van der Waals surface area contributed by atoms with E-state index in [0.29, 0.717) is 0 Å². The number of nitrogens with one attached hydrogen (secondary N) is 1. The van der Waals surface area contributed by atoms with Gasteiger partial charge in [-0.15, -0.1) is 0 Å². The van der Waals surface area contributed by atoms with Crippen molar-refractivity contribution >= 4 is 17.8 Å². The summed E-state index contributed by atoms with van der Waals surface area (Å²) < 4.78 is 17.3. The Hall–Kier alpha value is -2.44. The van der Waals surface area contributed by atoms with Crippen molar-refractivity contribution in [1.29, 1.82) is 0 Å². The zero-order valence-corrected chi connectivity index (χ0v) is 10.2. The van der Waals surface area contributed by atoms with Crippen LogP contribution in [-0.4, -0.2) is 30.4 Å². The van der Waals surface area contributed by atoms with Crippen molar-refractivity contribution in [3.63, 3.8) is 0 Å². The molecule has 0 aliphatic carbocycles. The molecule has 0 saturated heterocycles. The van der Waals surface area contributed by atoms with Crippen molar-refractivity contribution in [2.75, 3.05) is 6.54 Å². The van der Waals surface area contributed by atoms with Crippen LogP contribution in [0.4, 0.5) is 4.39 Å². The smallest absolute Gasteiger partial charge is 0.326 e. The summed E-state index contributed by atoms with van der Waals surface area (Å²) in [5.74, 6) is -2.59. The van der Waals surface area contributed by atoms with Gasteiger partial charge in [-0.1, -0.05) is 0 Å². The van der Waals surface area contributed by atoms with E-state index < -0.39 is 36.2 Å². The number of benzene rings is 1. The fraction of sp³-hybridized carbons (Fsp3) is 0.250. The number of esters is 1. The first-order valence-corrected chi connectivity index (χ1v) is 5.42. The molecule has 102 valence electrons. The molecule has 0 fully saturated rings. The van der Waals surface area contributed by atoms with Gasteiger partial charge in [0.2, 0.25) is 0 Å². The maximum Gasteiger partial charge on any atom is 0.326 e. The van der Waals surface area contributed by atoms with Crippen LogP contribution in [0.2, 0.25) is 0 Å². The maximum atomic E-state index is 12.6. The number of amides is 2. The maximum absolute atomic E-state index is 12.6. The average molecular weight is 268 g/mol. The standard InChI is InChI=1S/C12H13FN2O4/c1-7(11(14)17)19-10(16)6-15-12(18)8-2-4-9(13)5-3-8/h2-5,7H,6H2,1H3,(H2,14,17)(H,15,18)/t7-/m0/s1.